The Morgan fingerprint density at radius 3 is 2.82 bits per heavy atom. The van der Waals surface area contributed by atoms with Crippen LogP contribution in [0.4, 0.5) is 5.69 Å². The molecular weight excluding hydrogens is 360 g/mol. The van der Waals surface area contributed by atoms with Crippen LogP contribution in [0, 0.1) is 11.8 Å². The molecule has 6 rings (SSSR count). The number of benzene rings is 1. The summed E-state index contributed by atoms with van der Waals surface area (Å²) in [4.78, 5) is 15.8. The highest BCUT2D eigenvalue weighted by Crippen LogP contribution is 2.62. The number of methoxy groups -OCH3 is 2. The number of hydrogen-bond donors (Lipinski definition) is 3. The van der Waals surface area contributed by atoms with Crippen molar-refractivity contribution in [2.24, 2.45) is 11.8 Å². The van der Waals surface area contributed by atoms with E-state index in [1.807, 2.05) is 18.2 Å². The quantitative estimate of drug-likeness (QED) is 0.666. The Hall–Kier alpha value is -2.09. The zero-order valence-electron chi connectivity index (χ0n) is 16.1. The van der Waals surface area contributed by atoms with Gasteiger partial charge in [0.05, 0.1) is 31.9 Å². The topological polar surface area (TPSA) is 91.3 Å². The molecule has 0 aliphatic carbocycles. The third-order valence-corrected chi connectivity index (χ3v) is 7.49. The average Bonchev–Trinajstić information content (AvgIpc) is 3.13. The van der Waals surface area contributed by atoms with Gasteiger partial charge in [-0.3, -0.25) is 9.69 Å². The molecule has 0 radical (unpaired) electrons. The zero-order chi connectivity index (χ0) is 19.6. The first-order valence-electron chi connectivity index (χ1n) is 9.84. The van der Waals surface area contributed by atoms with Gasteiger partial charge in [0.1, 0.15) is 0 Å². The lowest BCUT2D eigenvalue weighted by Crippen LogP contribution is -2.59. The first-order valence-corrected chi connectivity index (χ1v) is 9.84. The van der Waals surface area contributed by atoms with Crippen LogP contribution in [-0.2, 0) is 10.2 Å². The molecule has 4 fully saturated rings. The van der Waals surface area contributed by atoms with E-state index in [0.29, 0.717) is 23.6 Å². The van der Waals surface area contributed by atoms with Crippen molar-refractivity contribution < 1.29 is 24.5 Å². The molecule has 1 amide bonds. The van der Waals surface area contributed by atoms with Crippen molar-refractivity contribution in [1.29, 1.82) is 0 Å². The molecule has 7 nitrogen and oxygen atoms in total. The monoisotopic (exact) mass is 386 g/mol. The fourth-order valence-corrected chi connectivity index (χ4v) is 6.38. The standard InChI is InChI=1S/C21H26N2O5/c1-27-16-4-3-14-18(19(16)28-2)22-20(26)21(14)8-15-13(10-25)12-7-17(21)23(15)9-11(12)5-6-24/h3-5,12-13,15,17,24-25H,6-10H2,1-2H3,(H,22,26)/b11-5+/t12-,13-,15-,17-,21-/m0/s1. The lowest BCUT2D eigenvalue weighted by molar-refractivity contribution is -0.122. The number of hydrogen-bond acceptors (Lipinski definition) is 6. The number of nitrogens with zero attached hydrogens (tertiary/aromatic N) is 1. The Morgan fingerprint density at radius 2 is 2.14 bits per heavy atom. The third kappa shape index (κ3) is 2.02. The van der Waals surface area contributed by atoms with Gasteiger partial charge in [-0.15, -0.1) is 0 Å². The Labute approximate surface area is 163 Å². The van der Waals surface area contributed by atoms with Crippen LogP contribution in [0.2, 0.25) is 0 Å². The van der Waals surface area contributed by atoms with Gasteiger partial charge >= 0.3 is 0 Å². The third-order valence-electron chi connectivity index (χ3n) is 7.49. The molecule has 150 valence electrons. The lowest BCUT2D eigenvalue weighted by atomic mass is 9.69. The number of anilines is 1. The van der Waals surface area contributed by atoms with Gasteiger partial charge < -0.3 is 25.0 Å². The van der Waals surface area contributed by atoms with Gasteiger partial charge in [0.25, 0.3) is 0 Å². The van der Waals surface area contributed by atoms with Crippen LogP contribution in [0.5, 0.6) is 11.5 Å². The van der Waals surface area contributed by atoms with Crippen molar-refractivity contribution >= 4 is 11.6 Å². The van der Waals surface area contributed by atoms with E-state index in [1.54, 1.807) is 14.2 Å². The van der Waals surface area contributed by atoms with Crippen molar-refractivity contribution in [3.63, 3.8) is 0 Å². The van der Waals surface area contributed by atoms with Gasteiger partial charge in [0.15, 0.2) is 11.5 Å². The maximum atomic E-state index is 13.4. The summed E-state index contributed by atoms with van der Waals surface area (Å²) >= 11 is 0. The fraction of sp³-hybridized carbons (Fsp3) is 0.571. The minimum atomic E-state index is -0.632. The molecule has 1 spiro atoms. The predicted molar refractivity (Wildman–Crippen MR) is 103 cm³/mol. The summed E-state index contributed by atoms with van der Waals surface area (Å²) in [6.07, 6.45) is 3.39. The molecule has 0 saturated carbocycles. The minimum Gasteiger partial charge on any atom is -0.493 e. The number of nitrogens with one attached hydrogen (secondary N) is 1. The summed E-state index contributed by atoms with van der Waals surface area (Å²) < 4.78 is 11.0. The van der Waals surface area contributed by atoms with E-state index in [9.17, 15) is 15.0 Å². The van der Waals surface area contributed by atoms with Gasteiger partial charge in [-0.25, -0.2) is 0 Å². The maximum Gasteiger partial charge on any atom is 0.236 e. The molecule has 4 bridgehead atoms. The van der Waals surface area contributed by atoms with Crippen molar-refractivity contribution in [3.05, 3.63) is 29.3 Å². The molecular formula is C21H26N2O5. The number of fused-ring (bicyclic) bond motifs is 3. The zero-order valence-corrected chi connectivity index (χ0v) is 16.1. The fourth-order valence-electron chi connectivity index (χ4n) is 6.38. The van der Waals surface area contributed by atoms with Gasteiger partial charge in [-0.05, 0) is 30.4 Å². The van der Waals surface area contributed by atoms with Crippen LogP contribution in [0.1, 0.15) is 18.4 Å². The first kappa shape index (κ1) is 18.0. The maximum absolute atomic E-state index is 13.4. The van der Waals surface area contributed by atoms with E-state index in [2.05, 4.69) is 10.2 Å². The highest BCUT2D eigenvalue weighted by atomic mass is 16.5. The largest absolute Gasteiger partial charge is 0.493 e. The van der Waals surface area contributed by atoms with Gasteiger partial charge in [0.2, 0.25) is 5.91 Å². The molecule has 28 heavy (non-hydrogen) atoms. The van der Waals surface area contributed by atoms with Crippen LogP contribution in [-0.4, -0.2) is 67.1 Å². The summed E-state index contributed by atoms with van der Waals surface area (Å²) in [7, 11) is 3.17. The van der Waals surface area contributed by atoms with Crippen LogP contribution >= 0.6 is 0 Å². The van der Waals surface area contributed by atoms with Crippen LogP contribution in [0.25, 0.3) is 0 Å². The minimum absolute atomic E-state index is 0.0125. The summed E-state index contributed by atoms with van der Waals surface area (Å²) in [5.74, 6) is 1.49. The van der Waals surface area contributed by atoms with E-state index >= 15 is 0 Å². The Kier molecular flexibility index (Phi) is 3.98. The number of carbonyl (C=O) groups is 1. The van der Waals surface area contributed by atoms with E-state index in [4.69, 9.17) is 9.47 Å². The molecule has 1 unspecified atom stereocenters. The summed E-state index contributed by atoms with van der Waals surface area (Å²) in [6, 6.07) is 4.11. The molecule has 4 saturated heterocycles. The molecule has 0 aromatic heterocycles. The smallest absolute Gasteiger partial charge is 0.236 e. The van der Waals surface area contributed by atoms with Crippen LogP contribution in [0.15, 0.2) is 23.8 Å². The molecule has 5 aliphatic rings. The number of ether oxygens (including phenoxy) is 2. The molecule has 7 heteroatoms. The van der Waals surface area contributed by atoms with Gasteiger partial charge in [-0.1, -0.05) is 17.7 Å². The van der Waals surface area contributed by atoms with E-state index in [0.717, 1.165) is 18.5 Å². The second-order valence-corrected chi connectivity index (χ2v) is 8.26. The van der Waals surface area contributed by atoms with E-state index in [1.165, 1.54) is 5.57 Å². The lowest BCUT2D eigenvalue weighted by Gasteiger charge is -2.52. The molecule has 6 atom stereocenters. The first-order chi connectivity index (χ1) is 13.6. The van der Waals surface area contributed by atoms with Crippen LogP contribution < -0.4 is 14.8 Å². The predicted octanol–water partition coefficient (Wildman–Crippen LogP) is 0.897. The summed E-state index contributed by atoms with van der Waals surface area (Å²) in [5.41, 5.74) is 2.24. The van der Waals surface area contributed by atoms with Gasteiger partial charge in [0, 0.05) is 31.2 Å². The van der Waals surface area contributed by atoms with Crippen molar-refractivity contribution in [1.82, 2.24) is 4.90 Å². The van der Waals surface area contributed by atoms with Gasteiger partial charge in [-0.2, -0.15) is 0 Å². The van der Waals surface area contributed by atoms with Crippen molar-refractivity contribution in [2.75, 3.05) is 39.3 Å². The molecule has 5 heterocycles. The number of aliphatic hydroxyl groups excluding tert-OH is 2. The molecule has 5 aliphatic heterocycles. The average molecular weight is 386 g/mol. The van der Waals surface area contributed by atoms with Crippen LogP contribution in [0.3, 0.4) is 0 Å². The SMILES string of the molecule is COc1ccc2c(c1OC)NC(=O)[C@@]21C[C@H]2[C@@H](CO)[C@H]3C[C@@H]1N2C/C3=C\CO. The van der Waals surface area contributed by atoms with E-state index in [-0.39, 0.29) is 43.0 Å². The highest BCUT2D eigenvalue weighted by Gasteiger charge is 2.67. The second-order valence-electron chi connectivity index (χ2n) is 8.26. The number of rotatable bonds is 4. The normalized spacial score (nSPS) is 38.8. The molecule has 1 aromatic rings. The summed E-state index contributed by atoms with van der Waals surface area (Å²) in [6.45, 7) is 0.866. The summed E-state index contributed by atoms with van der Waals surface area (Å²) in [5, 5.41) is 22.6. The highest BCUT2D eigenvalue weighted by molar-refractivity contribution is 6.09. The Bertz CT molecular complexity index is 869. The van der Waals surface area contributed by atoms with Crippen molar-refractivity contribution in [3.8, 4) is 11.5 Å². The number of aliphatic hydroxyl groups is 2. The number of piperidine rings is 3. The number of amides is 1. The van der Waals surface area contributed by atoms with E-state index < -0.39 is 5.41 Å². The molecule has 3 N–H and O–H groups in total. The molecule has 1 aromatic carbocycles. The number of carbonyl (C=O) groups excluding carboxylic acids is 1. The Morgan fingerprint density at radius 1 is 1.32 bits per heavy atom. The second kappa shape index (κ2) is 6.20. The van der Waals surface area contributed by atoms with Crippen molar-refractivity contribution in [2.45, 2.75) is 30.3 Å². The Balaban J connectivity index is 1.63.